The van der Waals surface area contributed by atoms with Gasteiger partial charge in [-0.05, 0) is 43.9 Å². The average Bonchev–Trinajstić information content (AvgIpc) is 2.76. The van der Waals surface area contributed by atoms with Crippen molar-refractivity contribution >= 4 is 11.4 Å². The number of rotatable bonds is 4. The van der Waals surface area contributed by atoms with Crippen molar-refractivity contribution in [1.29, 1.82) is 0 Å². The molecule has 2 unspecified atom stereocenters. The summed E-state index contributed by atoms with van der Waals surface area (Å²) in [6.45, 7) is 2.57. The van der Waals surface area contributed by atoms with Crippen molar-refractivity contribution in [2.45, 2.75) is 32.2 Å². The number of nitro groups is 1. The quantitative estimate of drug-likeness (QED) is 0.634. The van der Waals surface area contributed by atoms with Gasteiger partial charge in [0.15, 0.2) is 0 Å². The monoisotopic (exact) mass is 249 g/mol. The SMILES string of the molecule is Cc1ccc([N+](=O)[O-])c(NC2CCCC2CN)c1. The van der Waals surface area contributed by atoms with E-state index in [2.05, 4.69) is 5.32 Å². The van der Waals surface area contributed by atoms with Gasteiger partial charge in [0.05, 0.1) is 4.92 Å². The summed E-state index contributed by atoms with van der Waals surface area (Å²) in [6.07, 6.45) is 3.28. The molecule has 18 heavy (non-hydrogen) atoms. The molecule has 0 aromatic heterocycles. The van der Waals surface area contributed by atoms with Crippen LogP contribution < -0.4 is 11.1 Å². The first-order valence-corrected chi connectivity index (χ1v) is 6.33. The van der Waals surface area contributed by atoms with E-state index in [0.29, 0.717) is 18.2 Å². The summed E-state index contributed by atoms with van der Waals surface area (Å²) in [5.41, 5.74) is 7.51. The molecule has 2 rings (SSSR count). The molecule has 0 spiro atoms. The topological polar surface area (TPSA) is 81.2 Å². The van der Waals surface area contributed by atoms with Crippen molar-refractivity contribution in [3.8, 4) is 0 Å². The predicted octanol–water partition coefficient (Wildman–Crippen LogP) is 2.44. The molecule has 2 atom stereocenters. The van der Waals surface area contributed by atoms with Crippen LogP contribution in [0.4, 0.5) is 11.4 Å². The fourth-order valence-corrected chi connectivity index (χ4v) is 2.63. The smallest absolute Gasteiger partial charge is 0.292 e. The van der Waals surface area contributed by atoms with Crippen LogP contribution in [-0.2, 0) is 0 Å². The normalized spacial score (nSPS) is 23.0. The molecule has 1 aromatic rings. The number of hydrogen-bond acceptors (Lipinski definition) is 4. The Balaban J connectivity index is 2.22. The maximum atomic E-state index is 11.0. The number of nitrogens with one attached hydrogen (secondary N) is 1. The third kappa shape index (κ3) is 2.61. The molecule has 5 heteroatoms. The Morgan fingerprint density at radius 3 is 2.94 bits per heavy atom. The summed E-state index contributed by atoms with van der Waals surface area (Å²) >= 11 is 0. The van der Waals surface area contributed by atoms with Crippen LogP contribution in [0.25, 0.3) is 0 Å². The van der Waals surface area contributed by atoms with Crippen molar-refractivity contribution in [3.63, 3.8) is 0 Å². The average molecular weight is 249 g/mol. The highest BCUT2D eigenvalue weighted by Crippen LogP contribution is 2.32. The number of benzene rings is 1. The predicted molar refractivity (Wildman–Crippen MR) is 71.6 cm³/mol. The highest BCUT2D eigenvalue weighted by molar-refractivity contribution is 5.63. The van der Waals surface area contributed by atoms with E-state index in [1.165, 1.54) is 0 Å². The molecule has 1 aromatic carbocycles. The van der Waals surface area contributed by atoms with Gasteiger partial charge in [0.25, 0.3) is 5.69 Å². The number of hydrogen-bond donors (Lipinski definition) is 2. The minimum absolute atomic E-state index is 0.142. The van der Waals surface area contributed by atoms with Crippen LogP contribution in [0.5, 0.6) is 0 Å². The number of nitrogens with two attached hydrogens (primary N) is 1. The van der Waals surface area contributed by atoms with E-state index in [0.717, 1.165) is 24.8 Å². The van der Waals surface area contributed by atoms with E-state index in [9.17, 15) is 10.1 Å². The van der Waals surface area contributed by atoms with Gasteiger partial charge in [-0.15, -0.1) is 0 Å². The van der Waals surface area contributed by atoms with Crippen molar-refractivity contribution in [3.05, 3.63) is 33.9 Å². The Labute approximate surface area is 107 Å². The second kappa shape index (κ2) is 5.35. The van der Waals surface area contributed by atoms with Gasteiger partial charge in [0.1, 0.15) is 5.69 Å². The summed E-state index contributed by atoms with van der Waals surface area (Å²) in [5.74, 6) is 0.421. The first kappa shape index (κ1) is 12.8. The molecule has 3 N–H and O–H groups in total. The number of anilines is 1. The van der Waals surface area contributed by atoms with Crippen LogP contribution >= 0.6 is 0 Å². The molecular formula is C13H19N3O2. The standard InChI is InChI=1S/C13H19N3O2/c1-9-5-6-13(16(17)18)12(7-9)15-11-4-2-3-10(11)8-14/h5-7,10-11,15H,2-4,8,14H2,1H3. The maximum Gasteiger partial charge on any atom is 0.292 e. The number of nitrogens with zero attached hydrogens (tertiary/aromatic N) is 1. The van der Waals surface area contributed by atoms with Crippen LogP contribution in [0.2, 0.25) is 0 Å². The zero-order valence-corrected chi connectivity index (χ0v) is 10.6. The van der Waals surface area contributed by atoms with Crippen molar-refractivity contribution in [2.24, 2.45) is 11.7 Å². The van der Waals surface area contributed by atoms with Crippen molar-refractivity contribution in [2.75, 3.05) is 11.9 Å². The van der Waals surface area contributed by atoms with Gasteiger partial charge in [0.2, 0.25) is 0 Å². The molecule has 5 nitrogen and oxygen atoms in total. The second-order valence-electron chi connectivity index (χ2n) is 4.96. The summed E-state index contributed by atoms with van der Waals surface area (Å²) in [6, 6.07) is 5.42. The zero-order chi connectivity index (χ0) is 13.1. The third-order valence-electron chi connectivity index (χ3n) is 3.65. The molecule has 1 aliphatic carbocycles. The summed E-state index contributed by atoms with van der Waals surface area (Å²) < 4.78 is 0. The molecule has 0 bridgehead atoms. The lowest BCUT2D eigenvalue weighted by molar-refractivity contribution is -0.384. The van der Waals surface area contributed by atoms with Crippen LogP contribution in [0.1, 0.15) is 24.8 Å². The Hall–Kier alpha value is -1.62. The molecule has 1 fully saturated rings. The fraction of sp³-hybridized carbons (Fsp3) is 0.538. The molecule has 0 radical (unpaired) electrons. The molecular weight excluding hydrogens is 230 g/mol. The molecule has 0 saturated heterocycles. The molecule has 1 aliphatic rings. The maximum absolute atomic E-state index is 11.0. The Morgan fingerprint density at radius 2 is 2.28 bits per heavy atom. The molecule has 98 valence electrons. The van der Waals surface area contributed by atoms with E-state index in [4.69, 9.17) is 5.73 Å². The van der Waals surface area contributed by atoms with E-state index in [-0.39, 0.29) is 16.7 Å². The molecule has 0 amide bonds. The van der Waals surface area contributed by atoms with E-state index < -0.39 is 0 Å². The highest BCUT2D eigenvalue weighted by Gasteiger charge is 2.27. The van der Waals surface area contributed by atoms with Gasteiger partial charge >= 0.3 is 0 Å². The van der Waals surface area contributed by atoms with Crippen molar-refractivity contribution < 1.29 is 4.92 Å². The Morgan fingerprint density at radius 1 is 1.50 bits per heavy atom. The van der Waals surface area contributed by atoms with E-state index in [1.807, 2.05) is 13.0 Å². The first-order chi connectivity index (χ1) is 8.61. The van der Waals surface area contributed by atoms with E-state index in [1.54, 1.807) is 12.1 Å². The highest BCUT2D eigenvalue weighted by atomic mass is 16.6. The van der Waals surface area contributed by atoms with E-state index >= 15 is 0 Å². The third-order valence-corrected chi connectivity index (χ3v) is 3.65. The fourth-order valence-electron chi connectivity index (χ4n) is 2.63. The molecule has 0 aliphatic heterocycles. The lowest BCUT2D eigenvalue weighted by Gasteiger charge is -2.20. The largest absolute Gasteiger partial charge is 0.376 e. The van der Waals surface area contributed by atoms with Gasteiger partial charge in [-0.2, -0.15) is 0 Å². The summed E-state index contributed by atoms with van der Waals surface area (Å²) in [5, 5.41) is 14.3. The van der Waals surface area contributed by atoms with Crippen LogP contribution in [0.3, 0.4) is 0 Å². The van der Waals surface area contributed by atoms with Gasteiger partial charge < -0.3 is 11.1 Å². The minimum atomic E-state index is -0.339. The lowest BCUT2D eigenvalue weighted by Crippen LogP contribution is -2.29. The van der Waals surface area contributed by atoms with Gasteiger partial charge in [0, 0.05) is 12.1 Å². The zero-order valence-electron chi connectivity index (χ0n) is 10.6. The summed E-state index contributed by atoms with van der Waals surface area (Å²) in [4.78, 5) is 10.7. The first-order valence-electron chi connectivity index (χ1n) is 6.33. The van der Waals surface area contributed by atoms with Gasteiger partial charge in [-0.25, -0.2) is 0 Å². The minimum Gasteiger partial charge on any atom is -0.376 e. The van der Waals surface area contributed by atoms with Crippen LogP contribution in [0, 0.1) is 23.0 Å². The lowest BCUT2D eigenvalue weighted by atomic mass is 10.0. The Bertz CT molecular complexity index is 448. The van der Waals surface area contributed by atoms with Gasteiger partial charge in [-0.3, -0.25) is 10.1 Å². The molecule has 1 saturated carbocycles. The second-order valence-corrected chi connectivity index (χ2v) is 4.96. The van der Waals surface area contributed by atoms with Crippen molar-refractivity contribution in [1.82, 2.24) is 0 Å². The van der Waals surface area contributed by atoms with Gasteiger partial charge in [-0.1, -0.05) is 12.5 Å². The molecule has 0 heterocycles. The Kier molecular flexibility index (Phi) is 3.81. The van der Waals surface area contributed by atoms with Crippen LogP contribution in [0.15, 0.2) is 18.2 Å². The number of aryl methyl sites for hydroxylation is 1. The summed E-state index contributed by atoms with van der Waals surface area (Å²) in [7, 11) is 0. The number of nitro benzene ring substituents is 1. The van der Waals surface area contributed by atoms with Crippen LogP contribution in [-0.4, -0.2) is 17.5 Å².